The van der Waals surface area contributed by atoms with Crippen LogP contribution in [-0.2, 0) is 19.5 Å². The van der Waals surface area contributed by atoms with E-state index in [0.29, 0.717) is 18.3 Å². The third-order valence-corrected chi connectivity index (χ3v) is 3.46. The molecule has 0 spiro atoms. The molecule has 20 heavy (non-hydrogen) atoms. The van der Waals surface area contributed by atoms with Crippen LogP contribution >= 0.6 is 11.6 Å². The zero-order valence-electron chi connectivity index (χ0n) is 11.2. The first-order valence-corrected chi connectivity index (χ1v) is 6.69. The van der Waals surface area contributed by atoms with Crippen molar-refractivity contribution in [1.29, 1.82) is 0 Å². The Balaban J connectivity index is 2.13. The molecule has 0 saturated heterocycles. The Morgan fingerprint density at radius 2 is 2.10 bits per heavy atom. The number of fused-ring (bicyclic) bond motifs is 1. The Morgan fingerprint density at radius 1 is 1.25 bits per heavy atom. The summed E-state index contributed by atoms with van der Waals surface area (Å²) in [7, 11) is 3.50. The number of aromatic nitrogens is 5. The minimum atomic E-state index is 0.330. The summed E-state index contributed by atoms with van der Waals surface area (Å²) in [6, 6.07) is 5.64. The maximum atomic E-state index is 5.99. The molecule has 104 valence electrons. The Labute approximate surface area is 121 Å². The highest BCUT2D eigenvalue weighted by Gasteiger charge is 2.13. The fourth-order valence-electron chi connectivity index (χ4n) is 2.13. The largest absolute Gasteiger partial charge is 0.481 e. The number of methoxy groups -OCH3 is 1. The maximum Gasteiger partial charge on any atom is 0.215 e. The van der Waals surface area contributed by atoms with E-state index in [1.54, 1.807) is 19.4 Å². The van der Waals surface area contributed by atoms with Gasteiger partial charge < -0.3 is 9.30 Å². The normalized spacial score (nSPS) is 11.2. The van der Waals surface area contributed by atoms with Gasteiger partial charge in [-0.1, -0.05) is 0 Å². The summed E-state index contributed by atoms with van der Waals surface area (Å²) in [6.07, 6.45) is 1.77. The first kappa shape index (κ1) is 12.9. The summed E-state index contributed by atoms with van der Waals surface area (Å²) < 4.78 is 8.99. The van der Waals surface area contributed by atoms with Crippen LogP contribution in [0.1, 0.15) is 11.5 Å². The summed E-state index contributed by atoms with van der Waals surface area (Å²) in [6.45, 7) is 0.620. The number of halogens is 1. The molecule has 3 heterocycles. The van der Waals surface area contributed by atoms with E-state index in [2.05, 4.69) is 15.1 Å². The van der Waals surface area contributed by atoms with E-state index in [4.69, 9.17) is 16.3 Å². The molecule has 0 aliphatic rings. The van der Waals surface area contributed by atoms with Crippen molar-refractivity contribution in [3.8, 4) is 5.88 Å². The molecule has 0 fully saturated rings. The van der Waals surface area contributed by atoms with Crippen molar-refractivity contribution in [2.24, 2.45) is 7.05 Å². The van der Waals surface area contributed by atoms with E-state index in [1.807, 2.05) is 28.4 Å². The number of hydrogen-bond donors (Lipinski definition) is 0. The van der Waals surface area contributed by atoms with Crippen LogP contribution < -0.4 is 4.74 Å². The van der Waals surface area contributed by atoms with Crippen molar-refractivity contribution in [1.82, 2.24) is 24.3 Å². The summed E-state index contributed by atoms with van der Waals surface area (Å²) in [5.74, 6) is 1.67. The van der Waals surface area contributed by atoms with E-state index in [0.717, 1.165) is 22.7 Å². The van der Waals surface area contributed by atoms with E-state index in [9.17, 15) is 0 Å². The third kappa shape index (κ3) is 2.12. The van der Waals surface area contributed by atoms with Crippen LogP contribution in [0.3, 0.4) is 0 Å². The molecule has 7 heteroatoms. The highest BCUT2D eigenvalue weighted by Crippen LogP contribution is 2.20. The summed E-state index contributed by atoms with van der Waals surface area (Å²) in [4.78, 5) is 8.96. The number of rotatable bonds is 4. The van der Waals surface area contributed by atoms with E-state index in [-0.39, 0.29) is 0 Å². The highest BCUT2D eigenvalue weighted by atomic mass is 35.5. The topological polar surface area (TPSA) is 57.8 Å². The van der Waals surface area contributed by atoms with Crippen molar-refractivity contribution in [3.05, 3.63) is 35.9 Å². The predicted octanol–water partition coefficient (Wildman–Crippen LogP) is 1.96. The second kappa shape index (κ2) is 5.13. The molecular formula is C13H14ClN5O. The van der Waals surface area contributed by atoms with Crippen molar-refractivity contribution in [2.45, 2.75) is 12.4 Å². The van der Waals surface area contributed by atoms with Gasteiger partial charge in [-0.25, -0.2) is 4.98 Å². The maximum absolute atomic E-state index is 5.99. The van der Waals surface area contributed by atoms with Crippen LogP contribution in [0, 0.1) is 0 Å². The van der Waals surface area contributed by atoms with Gasteiger partial charge in [-0.3, -0.25) is 4.68 Å². The van der Waals surface area contributed by atoms with Crippen molar-refractivity contribution < 1.29 is 4.74 Å². The molecule has 3 aromatic rings. The standard InChI is InChI=1S/C13H14ClN5O/c1-18-9(5-6-15-18)8-19-11(7-14)16-10-3-4-12(20-2)17-13(10)19/h3-6H,7-8H2,1-2H3. The molecule has 3 aromatic heterocycles. The molecule has 0 amide bonds. The SMILES string of the molecule is COc1ccc2nc(CCl)n(Cc3ccnn3C)c2n1. The quantitative estimate of drug-likeness (QED) is 0.690. The molecule has 0 aliphatic heterocycles. The lowest BCUT2D eigenvalue weighted by atomic mass is 10.4. The third-order valence-electron chi connectivity index (χ3n) is 3.22. The Kier molecular flexibility index (Phi) is 3.31. The van der Waals surface area contributed by atoms with Gasteiger partial charge in [0.2, 0.25) is 5.88 Å². The molecule has 0 N–H and O–H groups in total. The van der Waals surface area contributed by atoms with Crippen molar-refractivity contribution in [2.75, 3.05) is 7.11 Å². The Bertz CT molecular complexity index is 748. The van der Waals surface area contributed by atoms with Gasteiger partial charge >= 0.3 is 0 Å². The number of nitrogens with zero attached hydrogens (tertiary/aromatic N) is 5. The second-order valence-electron chi connectivity index (χ2n) is 4.39. The monoisotopic (exact) mass is 291 g/mol. The Hall–Kier alpha value is -2.08. The minimum Gasteiger partial charge on any atom is -0.481 e. The molecule has 0 aliphatic carbocycles. The molecule has 0 radical (unpaired) electrons. The summed E-state index contributed by atoms with van der Waals surface area (Å²) >= 11 is 5.99. The highest BCUT2D eigenvalue weighted by molar-refractivity contribution is 6.16. The molecular weight excluding hydrogens is 278 g/mol. The van der Waals surface area contributed by atoms with E-state index >= 15 is 0 Å². The molecule has 6 nitrogen and oxygen atoms in total. The lowest BCUT2D eigenvalue weighted by Crippen LogP contribution is -2.09. The van der Waals surface area contributed by atoms with Crippen LogP contribution in [0.2, 0.25) is 0 Å². The number of imidazole rings is 1. The van der Waals surface area contributed by atoms with E-state index < -0.39 is 0 Å². The fraction of sp³-hybridized carbons (Fsp3) is 0.308. The van der Waals surface area contributed by atoms with Gasteiger partial charge in [0.1, 0.15) is 11.3 Å². The Morgan fingerprint density at radius 3 is 2.75 bits per heavy atom. The average molecular weight is 292 g/mol. The lowest BCUT2D eigenvalue weighted by molar-refractivity contribution is 0.399. The van der Waals surface area contributed by atoms with Crippen molar-refractivity contribution in [3.63, 3.8) is 0 Å². The average Bonchev–Trinajstić information content (AvgIpc) is 3.03. The zero-order chi connectivity index (χ0) is 14.1. The number of ether oxygens (including phenoxy) is 1. The molecule has 0 bridgehead atoms. The van der Waals surface area contributed by atoms with Crippen LogP contribution in [0.5, 0.6) is 5.88 Å². The van der Waals surface area contributed by atoms with Gasteiger partial charge in [0.15, 0.2) is 5.65 Å². The van der Waals surface area contributed by atoms with Gasteiger partial charge in [-0.05, 0) is 12.1 Å². The van der Waals surface area contributed by atoms with Crippen LogP contribution in [0.4, 0.5) is 0 Å². The van der Waals surface area contributed by atoms with E-state index in [1.165, 1.54) is 0 Å². The van der Waals surface area contributed by atoms with Crippen LogP contribution in [0.25, 0.3) is 11.2 Å². The van der Waals surface area contributed by atoms with Crippen LogP contribution in [-0.4, -0.2) is 31.4 Å². The van der Waals surface area contributed by atoms with Gasteiger partial charge in [-0.15, -0.1) is 11.6 Å². The van der Waals surface area contributed by atoms with Gasteiger partial charge in [-0.2, -0.15) is 10.1 Å². The second-order valence-corrected chi connectivity index (χ2v) is 4.66. The molecule has 0 aromatic carbocycles. The summed E-state index contributed by atoms with van der Waals surface area (Å²) in [5.41, 5.74) is 2.63. The van der Waals surface area contributed by atoms with Gasteiger partial charge in [0, 0.05) is 19.3 Å². The molecule has 0 saturated carbocycles. The predicted molar refractivity (Wildman–Crippen MR) is 75.9 cm³/mol. The summed E-state index contributed by atoms with van der Waals surface area (Å²) in [5, 5.41) is 4.17. The lowest BCUT2D eigenvalue weighted by Gasteiger charge is -2.08. The van der Waals surface area contributed by atoms with Crippen molar-refractivity contribution >= 4 is 22.8 Å². The first-order valence-electron chi connectivity index (χ1n) is 6.16. The fourth-order valence-corrected chi connectivity index (χ4v) is 2.34. The minimum absolute atomic E-state index is 0.330. The smallest absolute Gasteiger partial charge is 0.215 e. The van der Waals surface area contributed by atoms with Crippen LogP contribution in [0.15, 0.2) is 24.4 Å². The van der Waals surface area contributed by atoms with Gasteiger partial charge in [0.05, 0.1) is 25.2 Å². The molecule has 0 unspecified atom stereocenters. The zero-order valence-corrected chi connectivity index (χ0v) is 12.0. The van der Waals surface area contributed by atoms with Gasteiger partial charge in [0.25, 0.3) is 0 Å². The number of hydrogen-bond acceptors (Lipinski definition) is 4. The number of pyridine rings is 1. The molecule has 3 rings (SSSR count). The number of aryl methyl sites for hydroxylation is 1. The number of alkyl halides is 1. The first-order chi connectivity index (χ1) is 9.72. The molecule has 0 atom stereocenters.